The molecule has 0 bridgehead atoms. The van der Waals surface area contributed by atoms with E-state index in [1.54, 1.807) is 0 Å². The number of hydrogen-bond donors (Lipinski definition) is 0. The molecule has 0 saturated carbocycles. The maximum atomic E-state index is 11.8. The average molecular weight is 157 g/mol. The van der Waals surface area contributed by atoms with E-state index < -0.39 is 6.67 Å². The summed E-state index contributed by atoms with van der Waals surface area (Å²) in [6.45, 7) is 0.950. The van der Waals surface area contributed by atoms with Crippen LogP contribution in [0, 0.1) is 0 Å². The molecule has 1 aromatic rings. The van der Waals surface area contributed by atoms with Crippen LogP contribution in [0.4, 0.5) is 4.39 Å². The van der Waals surface area contributed by atoms with Crippen LogP contribution < -0.4 is 0 Å². The monoisotopic (exact) mass is 157 g/mol. The lowest BCUT2D eigenvalue weighted by atomic mass is 10.3. The highest BCUT2D eigenvalue weighted by Gasteiger charge is 2.06. The van der Waals surface area contributed by atoms with Crippen LogP contribution >= 0.6 is 0 Å². The van der Waals surface area contributed by atoms with Crippen LogP contribution in [0.5, 0.6) is 0 Å². The Morgan fingerprint density at radius 2 is 2.55 bits per heavy atom. The topological polar surface area (TPSA) is 47.8 Å². The zero-order chi connectivity index (χ0) is 8.27. The Kier molecular flexibility index (Phi) is 2.30. The molecule has 0 N–H and O–H groups in total. The van der Waals surface area contributed by atoms with Gasteiger partial charge < -0.3 is 0 Å². The van der Waals surface area contributed by atoms with E-state index in [1.807, 2.05) is 0 Å². The highest BCUT2D eigenvalue weighted by Crippen LogP contribution is 1.96. The SMILES string of the molecule is CC(=O)c1cnnn1CCF. The van der Waals surface area contributed by atoms with Crippen LogP contribution in [-0.2, 0) is 6.54 Å². The Labute approximate surface area is 63.0 Å². The van der Waals surface area contributed by atoms with Crippen molar-refractivity contribution in [3.05, 3.63) is 11.9 Å². The smallest absolute Gasteiger partial charge is 0.179 e. The maximum absolute atomic E-state index is 11.8. The van der Waals surface area contributed by atoms with Crippen LogP contribution in [0.2, 0.25) is 0 Å². The standard InChI is InChI=1S/C6H8FN3O/c1-5(11)6-4-8-9-10(6)3-2-7/h4H,2-3H2,1H3. The van der Waals surface area contributed by atoms with E-state index in [0.717, 1.165) is 0 Å². The first-order valence-corrected chi connectivity index (χ1v) is 3.21. The summed E-state index contributed by atoms with van der Waals surface area (Å²) in [5, 5.41) is 7.02. The van der Waals surface area contributed by atoms with Crippen LogP contribution in [0.3, 0.4) is 0 Å². The number of aromatic nitrogens is 3. The molecule has 5 heteroatoms. The Morgan fingerprint density at radius 3 is 3.09 bits per heavy atom. The van der Waals surface area contributed by atoms with E-state index in [4.69, 9.17) is 0 Å². The molecule has 0 aliphatic rings. The van der Waals surface area contributed by atoms with Gasteiger partial charge in [-0.25, -0.2) is 9.07 Å². The highest BCUT2D eigenvalue weighted by molar-refractivity contribution is 5.91. The summed E-state index contributed by atoms with van der Waals surface area (Å²) in [4.78, 5) is 10.8. The lowest BCUT2D eigenvalue weighted by molar-refractivity contribution is 0.100. The molecular formula is C6H8FN3O. The van der Waals surface area contributed by atoms with Gasteiger partial charge in [0.1, 0.15) is 12.4 Å². The Morgan fingerprint density at radius 1 is 1.82 bits per heavy atom. The summed E-state index contributed by atoms with van der Waals surface area (Å²) in [6.07, 6.45) is 1.33. The fourth-order valence-electron chi connectivity index (χ4n) is 0.776. The van der Waals surface area contributed by atoms with Crippen molar-refractivity contribution < 1.29 is 9.18 Å². The normalized spacial score (nSPS) is 10.0. The van der Waals surface area contributed by atoms with Crippen molar-refractivity contribution in [1.82, 2.24) is 15.0 Å². The van der Waals surface area contributed by atoms with Crippen LogP contribution in [0.25, 0.3) is 0 Å². The van der Waals surface area contributed by atoms with E-state index in [-0.39, 0.29) is 12.3 Å². The first-order chi connectivity index (χ1) is 5.25. The Bertz CT molecular complexity index is 258. The van der Waals surface area contributed by atoms with E-state index >= 15 is 0 Å². The summed E-state index contributed by atoms with van der Waals surface area (Å²) in [5.74, 6) is -0.150. The third-order valence-corrected chi connectivity index (χ3v) is 1.27. The van der Waals surface area contributed by atoms with Gasteiger partial charge in [-0.05, 0) is 0 Å². The van der Waals surface area contributed by atoms with Gasteiger partial charge in [-0.1, -0.05) is 5.21 Å². The zero-order valence-electron chi connectivity index (χ0n) is 6.12. The lowest BCUT2D eigenvalue weighted by Crippen LogP contribution is -2.09. The molecule has 0 aliphatic heterocycles. The molecule has 1 rings (SSSR count). The predicted molar refractivity (Wildman–Crippen MR) is 36.0 cm³/mol. The Hall–Kier alpha value is -1.26. The number of alkyl halides is 1. The van der Waals surface area contributed by atoms with Gasteiger partial charge in [-0.15, -0.1) is 5.10 Å². The molecule has 1 aromatic heterocycles. The van der Waals surface area contributed by atoms with E-state index in [1.165, 1.54) is 17.8 Å². The summed E-state index contributed by atoms with van der Waals surface area (Å²) in [7, 11) is 0. The third-order valence-electron chi connectivity index (χ3n) is 1.27. The summed E-state index contributed by atoms with van der Waals surface area (Å²) < 4.78 is 13.1. The number of rotatable bonds is 3. The largest absolute Gasteiger partial charge is 0.293 e. The first kappa shape index (κ1) is 7.84. The molecule has 0 unspecified atom stereocenters. The third kappa shape index (κ3) is 1.60. The van der Waals surface area contributed by atoms with Crippen molar-refractivity contribution in [3.63, 3.8) is 0 Å². The van der Waals surface area contributed by atoms with Crippen LogP contribution in [-0.4, -0.2) is 27.5 Å². The zero-order valence-corrected chi connectivity index (χ0v) is 6.12. The minimum atomic E-state index is -0.538. The second-order valence-corrected chi connectivity index (χ2v) is 2.09. The van der Waals surface area contributed by atoms with Gasteiger partial charge in [0.25, 0.3) is 0 Å². The van der Waals surface area contributed by atoms with Gasteiger partial charge in [0.2, 0.25) is 0 Å². The maximum Gasteiger partial charge on any atom is 0.179 e. The number of carbonyl (C=O) groups is 1. The number of halogens is 1. The van der Waals surface area contributed by atoms with E-state index in [2.05, 4.69) is 10.3 Å². The summed E-state index contributed by atoms with van der Waals surface area (Å²) in [5.41, 5.74) is 0.350. The van der Waals surface area contributed by atoms with Crippen molar-refractivity contribution in [2.45, 2.75) is 13.5 Å². The van der Waals surface area contributed by atoms with Gasteiger partial charge in [-0.3, -0.25) is 4.79 Å². The number of aryl methyl sites for hydroxylation is 1. The molecular weight excluding hydrogens is 149 g/mol. The number of Topliss-reactive ketones (excluding diaryl/α,β-unsaturated/α-hetero) is 1. The fourth-order valence-corrected chi connectivity index (χ4v) is 0.776. The molecule has 11 heavy (non-hydrogen) atoms. The first-order valence-electron chi connectivity index (χ1n) is 3.21. The number of nitrogens with zero attached hydrogens (tertiary/aromatic N) is 3. The molecule has 4 nitrogen and oxygen atoms in total. The van der Waals surface area contributed by atoms with Gasteiger partial charge in [-0.2, -0.15) is 0 Å². The van der Waals surface area contributed by atoms with E-state index in [0.29, 0.717) is 5.69 Å². The molecule has 0 radical (unpaired) electrons. The molecule has 60 valence electrons. The Balaban J connectivity index is 2.87. The van der Waals surface area contributed by atoms with Crippen molar-refractivity contribution >= 4 is 5.78 Å². The van der Waals surface area contributed by atoms with Gasteiger partial charge in [0.15, 0.2) is 5.78 Å². The molecule has 0 aromatic carbocycles. The quantitative estimate of drug-likeness (QED) is 0.598. The van der Waals surface area contributed by atoms with Gasteiger partial charge in [0, 0.05) is 6.92 Å². The van der Waals surface area contributed by atoms with E-state index in [9.17, 15) is 9.18 Å². The van der Waals surface area contributed by atoms with Crippen molar-refractivity contribution in [2.75, 3.05) is 6.67 Å². The molecule has 1 heterocycles. The van der Waals surface area contributed by atoms with Crippen LogP contribution in [0.15, 0.2) is 6.20 Å². The molecule has 0 saturated heterocycles. The van der Waals surface area contributed by atoms with Crippen molar-refractivity contribution in [2.24, 2.45) is 0 Å². The molecule has 0 fully saturated rings. The highest BCUT2D eigenvalue weighted by atomic mass is 19.1. The molecule has 0 atom stereocenters. The van der Waals surface area contributed by atoms with Crippen molar-refractivity contribution in [1.29, 1.82) is 0 Å². The average Bonchev–Trinajstić information content (AvgIpc) is 2.36. The fraction of sp³-hybridized carbons (Fsp3) is 0.500. The number of carbonyl (C=O) groups excluding carboxylic acids is 1. The minimum absolute atomic E-state index is 0.0922. The van der Waals surface area contributed by atoms with Crippen LogP contribution in [0.1, 0.15) is 17.4 Å². The molecule has 0 spiro atoms. The number of ketones is 1. The second kappa shape index (κ2) is 3.23. The second-order valence-electron chi connectivity index (χ2n) is 2.09. The predicted octanol–water partition coefficient (Wildman–Crippen LogP) is 0.450. The van der Waals surface area contributed by atoms with Gasteiger partial charge >= 0.3 is 0 Å². The van der Waals surface area contributed by atoms with Crippen molar-refractivity contribution in [3.8, 4) is 0 Å². The number of hydrogen-bond acceptors (Lipinski definition) is 3. The summed E-state index contributed by atoms with van der Waals surface area (Å²) >= 11 is 0. The summed E-state index contributed by atoms with van der Waals surface area (Å²) in [6, 6.07) is 0. The molecule has 0 amide bonds. The molecule has 0 aliphatic carbocycles. The van der Waals surface area contributed by atoms with Gasteiger partial charge in [0.05, 0.1) is 12.7 Å². The minimum Gasteiger partial charge on any atom is -0.293 e. The lowest BCUT2D eigenvalue weighted by Gasteiger charge is -1.97.